The zero-order valence-electron chi connectivity index (χ0n) is 9.70. The lowest BCUT2D eigenvalue weighted by atomic mass is 10.1. The molecular formula is C12H15ClN2O2. The first kappa shape index (κ1) is 12.2. The van der Waals surface area contributed by atoms with E-state index in [0.717, 1.165) is 17.7 Å². The van der Waals surface area contributed by atoms with Gasteiger partial charge in [-0.2, -0.15) is 0 Å². The maximum Gasteiger partial charge on any atom is 0.231 e. The summed E-state index contributed by atoms with van der Waals surface area (Å²) in [6.45, 7) is 1.17. The number of halogens is 1. The number of hydrogen-bond donors (Lipinski definition) is 1. The Morgan fingerprint density at radius 1 is 1.53 bits per heavy atom. The average molecular weight is 255 g/mol. The van der Waals surface area contributed by atoms with E-state index in [1.54, 1.807) is 24.1 Å². The van der Waals surface area contributed by atoms with Crippen molar-refractivity contribution in [1.29, 1.82) is 0 Å². The van der Waals surface area contributed by atoms with Crippen molar-refractivity contribution in [2.45, 2.75) is 12.8 Å². The minimum absolute atomic E-state index is 0.0554. The van der Waals surface area contributed by atoms with Gasteiger partial charge in [0.25, 0.3) is 0 Å². The highest BCUT2D eigenvalue weighted by Crippen LogP contribution is 2.41. The molecule has 1 aromatic carbocycles. The summed E-state index contributed by atoms with van der Waals surface area (Å²) in [5, 5.41) is 0.615. The molecule has 0 aromatic heterocycles. The third-order valence-electron chi connectivity index (χ3n) is 2.89. The normalized spacial score (nSPS) is 14.1. The summed E-state index contributed by atoms with van der Waals surface area (Å²) in [5.74, 6) is 0.743. The molecule has 0 fully saturated rings. The van der Waals surface area contributed by atoms with Gasteiger partial charge in [-0.05, 0) is 25.1 Å². The lowest BCUT2D eigenvalue weighted by Gasteiger charge is -2.19. The first-order valence-corrected chi connectivity index (χ1v) is 5.92. The molecule has 2 N–H and O–H groups in total. The predicted molar refractivity (Wildman–Crippen MR) is 67.7 cm³/mol. The molecule has 2 rings (SSSR count). The molecular weight excluding hydrogens is 240 g/mol. The molecule has 1 aliphatic rings. The summed E-state index contributed by atoms with van der Waals surface area (Å²) in [6.07, 6.45) is 1.11. The van der Waals surface area contributed by atoms with Crippen molar-refractivity contribution in [3.05, 3.63) is 22.7 Å². The fourth-order valence-electron chi connectivity index (χ4n) is 2.08. The molecule has 0 saturated heterocycles. The number of nitrogens with zero attached hydrogens (tertiary/aromatic N) is 1. The minimum Gasteiger partial charge on any atom is -0.495 e. The SMILES string of the molecule is COc1ccc(Cl)c2c1N(CCCN)C(=O)C2. The van der Waals surface area contributed by atoms with Gasteiger partial charge in [0.2, 0.25) is 5.91 Å². The van der Waals surface area contributed by atoms with Gasteiger partial charge in [-0.15, -0.1) is 0 Å². The lowest BCUT2D eigenvalue weighted by molar-refractivity contribution is -0.117. The zero-order chi connectivity index (χ0) is 12.4. The Hall–Kier alpha value is -1.26. The van der Waals surface area contributed by atoms with Gasteiger partial charge in [0.05, 0.1) is 19.2 Å². The molecule has 0 atom stereocenters. The molecule has 1 aliphatic heterocycles. The zero-order valence-corrected chi connectivity index (χ0v) is 10.5. The van der Waals surface area contributed by atoms with Crippen LogP contribution in [0.3, 0.4) is 0 Å². The van der Waals surface area contributed by atoms with Crippen molar-refractivity contribution >= 4 is 23.2 Å². The van der Waals surface area contributed by atoms with Crippen LogP contribution in [-0.2, 0) is 11.2 Å². The number of nitrogens with two attached hydrogens (primary N) is 1. The number of fused-ring (bicyclic) bond motifs is 1. The van der Waals surface area contributed by atoms with Gasteiger partial charge >= 0.3 is 0 Å². The number of benzene rings is 1. The number of rotatable bonds is 4. The third-order valence-corrected chi connectivity index (χ3v) is 3.25. The highest BCUT2D eigenvalue weighted by molar-refractivity contribution is 6.32. The van der Waals surface area contributed by atoms with E-state index in [1.165, 1.54) is 0 Å². The second-order valence-electron chi connectivity index (χ2n) is 3.94. The molecule has 0 aliphatic carbocycles. The van der Waals surface area contributed by atoms with Crippen LogP contribution >= 0.6 is 11.6 Å². The first-order valence-electron chi connectivity index (χ1n) is 5.54. The van der Waals surface area contributed by atoms with E-state index in [9.17, 15) is 4.79 Å². The maximum absolute atomic E-state index is 11.9. The van der Waals surface area contributed by atoms with Crippen LogP contribution in [0.4, 0.5) is 5.69 Å². The van der Waals surface area contributed by atoms with Crippen molar-refractivity contribution in [1.82, 2.24) is 0 Å². The van der Waals surface area contributed by atoms with E-state index < -0.39 is 0 Å². The summed E-state index contributed by atoms with van der Waals surface area (Å²) in [6, 6.07) is 3.55. The van der Waals surface area contributed by atoms with Crippen molar-refractivity contribution in [3.63, 3.8) is 0 Å². The van der Waals surface area contributed by atoms with Gasteiger partial charge in [0.1, 0.15) is 5.75 Å². The molecule has 0 radical (unpaired) electrons. The van der Waals surface area contributed by atoms with Gasteiger partial charge in [-0.3, -0.25) is 4.79 Å². The van der Waals surface area contributed by atoms with Crippen molar-refractivity contribution in [2.24, 2.45) is 5.73 Å². The van der Waals surface area contributed by atoms with E-state index in [-0.39, 0.29) is 5.91 Å². The summed E-state index contributed by atoms with van der Waals surface area (Å²) in [5.41, 5.74) is 7.14. The monoisotopic (exact) mass is 254 g/mol. The Morgan fingerprint density at radius 3 is 2.94 bits per heavy atom. The maximum atomic E-state index is 11.9. The van der Waals surface area contributed by atoms with Crippen LogP contribution < -0.4 is 15.4 Å². The van der Waals surface area contributed by atoms with Crippen LogP contribution in [-0.4, -0.2) is 26.1 Å². The van der Waals surface area contributed by atoms with Gasteiger partial charge < -0.3 is 15.4 Å². The number of hydrogen-bond acceptors (Lipinski definition) is 3. The molecule has 92 valence electrons. The standard InChI is InChI=1S/C12H15ClN2O2/c1-17-10-4-3-9(13)8-7-11(16)15(12(8)10)6-2-5-14/h3-4H,2,5-7,14H2,1H3. The molecule has 1 heterocycles. The highest BCUT2D eigenvalue weighted by atomic mass is 35.5. The number of amides is 1. The van der Waals surface area contributed by atoms with Crippen LogP contribution in [0.2, 0.25) is 5.02 Å². The minimum atomic E-state index is 0.0554. The Balaban J connectivity index is 2.42. The van der Waals surface area contributed by atoms with Crippen LogP contribution in [0.25, 0.3) is 0 Å². The van der Waals surface area contributed by atoms with Crippen LogP contribution in [0.15, 0.2) is 12.1 Å². The fourth-order valence-corrected chi connectivity index (χ4v) is 2.30. The number of anilines is 1. The quantitative estimate of drug-likeness (QED) is 0.888. The van der Waals surface area contributed by atoms with Gasteiger partial charge in [0, 0.05) is 17.1 Å². The van der Waals surface area contributed by atoms with Crippen LogP contribution in [0, 0.1) is 0 Å². The number of methoxy groups -OCH3 is 1. The number of carbonyl (C=O) groups excluding carboxylic acids is 1. The number of ether oxygens (including phenoxy) is 1. The van der Waals surface area contributed by atoms with Gasteiger partial charge in [-0.1, -0.05) is 11.6 Å². The molecule has 0 spiro atoms. The molecule has 0 unspecified atom stereocenters. The van der Waals surface area contributed by atoms with E-state index >= 15 is 0 Å². The average Bonchev–Trinajstić information content (AvgIpc) is 2.65. The van der Waals surface area contributed by atoms with Crippen LogP contribution in [0.5, 0.6) is 5.75 Å². The molecule has 5 heteroatoms. The Bertz CT molecular complexity index is 448. The summed E-state index contributed by atoms with van der Waals surface area (Å²) in [7, 11) is 1.59. The Labute approximate surface area is 105 Å². The Morgan fingerprint density at radius 2 is 2.29 bits per heavy atom. The van der Waals surface area contributed by atoms with E-state index in [0.29, 0.717) is 30.3 Å². The van der Waals surface area contributed by atoms with E-state index in [2.05, 4.69) is 0 Å². The van der Waals surface area contributed by atoms with Crippen molar-refractivity contribution in [3.8, 4) is 5.75 Å². The molecule has 17 heavy (non-hydrogen) atoms. The lowest BCUT2D eigenvalue weighted by Crippen LogP contribution is -2.29. The summed E-state index contributed by atoms with van der Waals surface area (Å²) < 4.78 is 5.29. The van der Waals surface area contributed by atoms with Crippen molar-refractivity contribution in [2.75, 3.05) is 25.1 Å². The third kappa shape index (κ3) is 2.10. The highest BCUT2D eigenvalue weighted by Gasteiger charge is 2.31. The second kappa shape index (κ2) is 4.94. The molecule has 0 bridgehead atoms. The molecule has 1 amide bonds. The number of carbonyl (C=O) groups is 1. The first-order chi connectivity index (χ1) is 8.19. The van der Waals surface area contributed by atoms with Gasteiger partial charge in [0.15, 0.2) is 0 Å². The molecule has 1 aromatic rings. The van der Waals surface area contributed by atoms with Crippen molar-refractivity contribution < 1.29 is 9.53 Å². The van der Waals surface area contributed by atoms with E-state index in [4.69, 9.17) is 22.1 Å². The Kier molecular flexibility index (Phi) is 3.54. The van der Waals surface area contributed by atoms with Crippen LogP contribution in [0.1, 0.15) is 12.0 Å². The predicted octanol–water partition coefficient (Wildman–Crippen LogP) is 1.59. The summed E-state index contributed by atoms with van der Waals surface area (Å²) >= 11 is 6.10. The smallest absolute Gasteiger partial charge is 0.231 e. The van der Waals surface area contributed by atoms with E-state index in [1.807, 2.05) is 0 Å². The summed E-state index contributed by atoms with van der Waals surface area (Å²) in [4.78, 5) is 13.6. The topological polar surface area (TPSA) is 55.6 Å². The van der Waals surface area contributed by atoms with Gasteiger partial charge in [-0.25, -0.2) is 0 Å². The molecule has 4 nitrogen and oxygen atoms in total. The second-order valence-corrected chi connectivity index (χ2v) is 4.35. The molecule has 0 saturated carbocycles. The largest absolute Gasteiger partial charge is 0.495 e. The fraction of sp³-hybridized carbons (Fsp3) is 0.417.